The molecule has 0 unspecified atom stereocenters. The average molecular weight is 394 g/mol. The molecule has 1 aromatic heterocycles. The summed E-state index contributed by atoms with van der Waals surface area (Å²) in [6.45, 7) is 1.44. The smallest absolute Gasteiger partial charge is 0.251 e. The Morgan fingerprint density at radius 3 is 2.55 bits per heavy atom. The van der Waals surface area contributed by atoms with E-state index in [1.807, 2.05) is 30.3 Å². The molecular formula is C23H23FN2O3. The van der Waals surface area contributed by atoms with Gasteiger partial charge in [0.05, 0.1) is 6.61 Å². The minimum atomic E-state index is -0.287. The minimum Gasteiger partial charge on any atom is -0.494 e. The standard InChI is InChI=1S/C23H23FN2O3/c24-20-8-10-21(11-9-20)28-15-5-4-13-26-23(27)19-12-14-25-22(16-19)29-17-18-6-2-1-3-7-18/h1-3,6-12,14,16H,4-5,13,15,17H2,(H,26,27). The fourth-order valence-electron chi connectivity index (χ4n) is 2.61. The van der Waals surface area contributed by atoms with Crippen molar-refractivity contribution in [2.45, 2.75) is 19.4 Å². The van der Waals surface area contributed by atoms with Crippen LogP contribution in [-0.2, 0) is 6.61 Å². The van der Waals surface area contributed by atoms with Crippen molar-refractivity contribution in [3.8, 4) is 11.6 Å². The number of nitrogens with one attached hydrogen (secondary N) is 1. The normalized spacial score (nSPS) is 10.4. The summed E-state index contributed by atoms with van der Waals surface area (Å²) in [6, 6.07) is 19.0. The third-order valence-corrected chi connectivity index (χ3v) is 4.17. The molecule has 0 bridgehead atoms. The zero-order valence-corrected chi connectivity index (χ0v) is 16.0. The van der Waals surface area contributed by atoms with Gasteiger partial charge in [-0.2, -0.15) is 0 Å². The molecule has 0 aliphatic carbocycles. The number of unbranched alkanes of at least 4 members (excludes halogenated alkanes) is 1. The number of amides is 1. The van der Waals surface area contributed by atoms with Crippen molar-refractivity contribution in [1.29, 1.82) is 0 Å². The Morgan fingerprint density at radius 1 is 0.966 bits per heavy atom. The van der Waals surface area contributed by atoms with Crippen LogP contribution in [0.25, 0.3) is 0 Å². The lowest BCUT2D eigenvalue weighted by atomic mass is 10.2. The molecule has 2 aromatic carbocycles. The summed E-state index contributed by atoms with van der Waals surface area (Å²) in [4.78, 5) is 16.4. The molecule has 150 valence electrons. The van der Waals surface area contributed by atoms with Crippen LogP contribution < -0.4 is 14.8 Å². The van der Waals surface area contributed by atoms with E-state index in [1.54, 1.807) is 30.5 Å². The summed E-state index contributed by atoms with van der Waals surface area (Å²) in [7, 11) is 0. The number of hydrogen-bond donors (Lipinski definition) is 1. The second kappa shape index (κ2) is 10.8. The highest BCUT2D eigenvalue weighted by atomic mass is 19.1. The van der Waals surface area contributed by atoms with Crippen molar-refractivity contribution >= 4 is 5.91 Å². The first-order chi connectivity index (χ1) is 14.2. The maximum Gasteiger partial charge on any atom is 0.251 e. The summed E-state index contributed by atoms with van der Waals surface area (Å²) in [5, 5.41) is 2.88. The van der Waals surface area contributed by atoms with E-state index in [0.717, 1.165) is 18.4 Å². The lowest BCUT2D eigenvalue weighted by Crippen LogP contribution is -2.24. The molecule has 0 aliphatic heterocycles. The monoisotopic (exact) mass is 394 g/mol. The molecule has 0 aliphatic rings. The molecule has 0 fully saturated rings. The predicted molar refractivity (Wildman–Crippen MR) is 108 cm³/mol. The maximum atomic E-state index is 12.8. The number of halogens is 1. The number of pyridine rings is 1. The van der Waals surface area contributed by atoms with Gasteiger partial charge in [0.2, 0.25) is 5.88 Å². The summed E-state index contributed by atoms with van der Waals surface area (Å²) in [6.07, 6.45) is 3.11. The fourth-order valence-corrected chi connectivity index (χ4v) is 2.61. The Hall–Kier alpha value is -3.41. The topological polar surface area (TPSA) is 60.5 Å². The first kappa shape index (κ1) is 20.3. The van der Waals surface area contributed by atoms with Gasteiger partial charge in [-0.1, -0.05) is 30.3 Å². The van der Waals surface area contributed by atoms with Crippen molar-refractivity contribution in [3.63, 3.8) is 0 Å². The first-order valence-electron chi connectivity index (χ1n) is 9.50. The number of benzene rings is 2. The van der Waals surface area contributed by atoms with Gasteiger partial charge in [-0.25, -0.2) is 9.37 Å². The lowest BCUT2D eigenvalue weighted by Gasteiger charge is -2.09. The van der Waals surface area contributed by atoms with Crippen LogP contribution >= 0.6 is 0 Å². The highest BCUT2D eigenvalue weighted by molar-refractivity contribution is 5.94. The molecule has 0 saturated carbocycles. The lowest BCUT2D eigenvalue weighted by molar-refractivity contribution is 0.0951. The van der Waals surface area contributed by atoms with E-state index >= 15 is 0 Å². The fraction of sp³-hybridized carbons (Fsp3) is 0.217. The highest BCUT2D eigenvalue weighted by Crippen LogP contribution is 2.13. The van der Waals surface area contributed by atoms with Crippen LogP contribution in [0.1, 0.15) is 28.8 Å². The van der Waals surface area contributed by atoms with Gasteiger partial charge in [-0.05, 0) is 48.7 Å². The average Bonchev–Trinajstić information content (AvgIpc) is 2.77. The Balaban J connectivity index is 1.36. The summed E-state index contributed by atoms with van der Waals surface area (Å²) < 4.78 is 24.0. The van der Waals surface area contributed by atoms with Crippen LogP contribution in [0.4, 0.5) is 4.39 Å². The van der Waals surface area contributed by atoms with Crippen LogP contribution in [0, 0.1) is 5.82 Å². The van der Waals surface area contributed by atoms with Crippen LogP contribution in [0.2, 0.25) is 0 Å². The van der Waals surface area contributed by atoms with E-state index in [0.29, 0.717) is 37.0 Å². The van der Waals surface area contributed by atoms with Gasteiger partial charge in [0, 0.05) is 24.4 Å². The van der Waals surface area contributed by atoms with Gasteiger partial charge in [-0.15, -0.1) is 0 Å². The number of rotatable bonds is 10. The van der Waals surface area contributed by atoms with Crippen molar-refractivity contribution in [3.05, 3.63) is 89.9 Å². The second-order valence-electron chi connectivity index (χ2n) is 6.42. The molecule has 6 heteroatoms. The molecule has 0 spiro atoms. The van der Waals surface area contributed by atoms with Crippen molar-refractivity contribution in [2.75, 3.05) is 13.2 Å². The van der Waals surface area contributed by atoms with Crippen LogP contribution in [0.5, 0.6) is 11.6 Å². The van der Waals surface area contributed by atoms with Gasteiger partial charge in [0.25, 0.3) is 5.91 Å². The number of hydrogen-bond acceptors (Lipinski definition) is 4. The summed E-state index contributed by atoms with van der Waals surface area (Å²) >= 11 is 0. The maximum absolute atomic E-state index is 12.8. The molecule has 5 nitrogen and oxygen atoms in total. The third kappa shape index (κ3) is 6.92. The molecule has 1 heterocycles. The minimum absolute atomic E-state index is 0.170. The van der Waals surface area contributed by atoms with E-state index in [1.165, 1.54) is 12.1 Å². The molecule has 3 rings (SSSR count). The number of aromatic nitrogens is 1. The van der Waals surface area contributed by atoms with Gasteiger partial charge in [-0.3, -0.25) is 4.79 Å². The number of nitrogens with zero attached hydrogens (tertiary/aromatic N) is 1. The van der Waals surface area contributed by atoms with E-state index in [9.17, 15) is 9.18 Å². The molecule has 0 atom stereocenters. The molecule has 1 amide bonds. The van der Waals surface area contributed by atoms with E-state index in [-0.39, 0.29) is 11.7 Å². The van der Waals surface area contributed by atoms with Gasteiger partial charge in [0.1, 0.15) is 18.2 Å². The van der Waals surface area contributed by atoms with Crippen LogP contribution in [-0.4, -0.2) is 24.0 Å². The third-order valence-electron chi connectivity index (χ3n) is 4.17. The zero-order chi connectivity index (χ0) is 20.3. The largest absolute Gasteiger partial charge is 0.494 e. The molecule has 0 saturated heterocycles. The Kier molecular flexibility index (Phi) is 7.57. The quantitative estimate of drug-likeness (QED) is 0.518. The highest BCUT2D eigenvalue weighted by Gasteiger charge is 2.07. The van der Waals surface area contributed by atoms with Crippen LogP contribution in [0.15, 0.2) is 72.9 Å². The number of carbonyl (C=O) groups excluding carboxylic acids is 1. The van der Waals surface area contributed by atoms with Gasteiger partial charge in [0.15, 0.2) is 0 Å². The van der Waals surface area contributed by atoms with Crippen LogP contribution in [0.3, 0.4) is 0 Å². The van der Waals surface area contributed by atoms with Crippen molar-refractivity contribution in [2.24, 2.45) is 0 Å². The Morgan fingerprint density at radius 2 is 1.76 bits per heavy atom. The number of ether oxygens (including phenoxy) is 2. The molecule has 0 radical (unpaired) electrons. The zero-order valence-electron chi connectivity index (χ0n) is 16.0. The predicted octanol–water partition coefficient (Wildman–Crippen LogP) is 4.39. The van der Waals surface area contributed by atoms with Gasteiger partial charge < -0.3 is 14.8 Å². The second-order valence-corrected chi connectivity index (χ2v) is 6.42. The van der Waals surface area contributed by atoms with E-state index < -0.39 is 0 Å². The molecule has 3 aromatic rings. The Bertz CT molecular complexity index is 902. The van der Waals surface area contributed by atoms with Crippen molar-refractivity contribution in [1.82, 2.24) is 10.3 Å². The molecular weight excluding hydrogens is 371 g/mol. The van der Waals surface area contributed by atoms with Crippen molar-refractivity contribution < 1.29 is 18.7 Å². The number of carbonyl (C=O) groups is 1. The Labute approximate surface area is 169 Å². The molecule has 1 N–H and O–H groups in total. The van der Waals surface area contributed by atoms with E-state index in [2.05, 4.69) is 10.3 Å². The SMILES string of the molecule is O=C(NCCCCOc1ccc(F)cc1)c1ccnc(OCc2ccccc2)c1. The first-order valence-corrected chi connectivity index (χ1v) is 9.50. The molecule has 29 heavy (non-hydrogen) atoms. The summed E-state index contributed by atoms with van der Waals surface area (Å²) in [5.41, 5.74) is 1.54. The van der Waals surface area contributed by atoms with Gasteiger partial charge >= 0.3 is 0 Å². The van der Waals surface area contributed by atoms with E-state index in [4.69, 9.17) is 9.47 Å². The summed E-state index contributed by atoms with van der Waals surface area (Å²) in [5.74, 6) is 0.589.